The Morgan fingerprint density at radius 2 is 1.13 bits per heavy atom. The maximum Gasteiger partial charge on any atom is 0.336 e. The molecule has 0 saturated heterocycles. The van der Waals surface area contributed by atoms with Crippen molar-refractivity contribution < 1.29 is 31.1 Å². The molecule has 0 fully saturated rings. The van der Waals surface area contributed by atoms with Crippen LogP contribution in [0.4, 0.5) is 10.1 Å². The average Bonchev–Trinajstić information content (AvgIpc) is 3.01. The van der Waals surface area contributed by atoms with Crippen molar-refractivity contribution in [2.75, 3.05) is 3.71 Å². The second-order valence-electron chi connectivity index (χ2n) is 10.2. The summed E-state index contributed by atoms with van der Waals surface area (Å²) in [5.41, 5.74) is 3.33. The van der Waals surface area contributed by atoms with Crippen LogP contribution in [0.15, 0.2) is 125 Å². The van der Waals surface area contributed by atoms with E-state index in [1.807, 2.05) is 0 Å². The Morgan fingerprint density at radius 1 is 0.644 bits per heavy atom. The monoisotopic (exact) mass is 639 g/mol. The number of aryl methyl sites for hydroxylation is 2. The van der Waals surface area contributed by atoms with E-state index in [-0.39, 0.29) is 26.6 Å². The van der Waals surface area contributed by atoms with Gasteiger partial charge in [-0.15, -0.1) is 0 Å². The zero-order chi connectivity index (χ0) is 32.4. The molecule has 10 heteroatoms. The Balaban J connectivity index is 1.56. The Hall–Kier alpha value is -5.24. The maximum absolute atomic E-state index is 13.8. The van der Waals surface area contributed by atoms with Gasteiger partial charge in [-0.05, 0) is 97.8 Å². The minimum atomic E-state index is -4.58. The van der Waals surface area contributed by atoms with Gasteiger partial charge in [0.2, 0.25) is 0 Å². The van der Waals surface area contributed by atoms with Gasteiger partial charge in [0, 0.05) is 11.1 Å². The van der Waals surface area contributed by atoms with Gasteiger partial charge >= 0.3 is 5.97 Å². The summed E-state index contributed by atoms with van der Waals surface area (Å²) >= 11 is 0. The Labute approximate surface area is 261 Å². The van der Waals surface area contributed by atoms with Crippen molar-refractivity contribution in [1.82, 2.24) is 0 Å². The number of nitrogens with zero attached hydrogens (tertiary/aromatic N) is 1. The lowest BCUT2D eigenvalue weighted by Gasteiger charge is -2.24. The quantitative estimate of drug-likeness (QED) is 0.197. The molecular formula is C35H26FNO6S2. The van der Waals surface area contributed by atoms with Crippen molar-refractivity contribution in [3.63, 3.8) is 0 Å². The summed E-state index contributed by atoms with van der Waals surface area (Å²) in [4.78, 5) is 11.5. The van der Waals surface area contributed by atoms with Gasteiger partial charge in [-0.25, -0.2) is 26.0 Å². The Morgan fingerprint density at radius 3 is 1.62 bits per heavy atom. The van der Waals surface area contributed by atoms with Crippen LogP contribution in [0.5, 0.6) is 0 Å². The van der Waals surface area contributed by atoms with E-state index in [9.17, 15) is 31.1 Å². The molecule has 5 aromatic carbocycles. The Bertz CT molecular complexity index is 2090. The number of carbonyl (C=O) groups is 1. The highest BCUT2D eigenvalue weighted by Crippen LogP contribution is 2.31. The van der Waals surface area contributed by atoms with Gasteiger partial charge in [0.25, 0.3) is 20.0 Å². The zero-order valence-electron chi connectivity index (χ0n) is 24.1. The molecule has 5 aromatic rings. The third-order valence-corrected chi connectivity index (χ3v) is 11.1. The minimum Gasteiger partial charge on any atom is -0.478 e. The molecule has 0 spiro atoms. The average molecular weight is 640 g/mol. The van der Waals surface area contributed by atoms with Crippen LogP contribution in [0.25, 0.3) is 11.1 Å². The highest BCUT2D eigenvalue weighted by atomic mass is 32.3. The first-order valence-electron chi connectivity index (χ1n) is 13.6. The van der Waals surface area contributed by atoms with Crippen LogP contribution in [-0.4, -0.2) is 27.9 Å². The van der Waals surface area contributed by atoms with Crippen LogP contribution in [0.2, 0.25) is 0 Å². The summed E-state index contributed by atoms with van der Waals surface area (Å²) in [5, 5.41) is 9.69. The lowest BCUT2D eigenvalue weighted by atomic mass is 9.99. The highest BCUT2D eigenvalue weighted by Gasteiger charge is 2.37. The van der Waals surface area contributed by atoms with Crippen LogP contribution in [0.1, 0.15) is 32.6 Å². The van der Waals surface area contributed by atoms with Crippen LogP contribution in [0.3, 0.4) is 0 Å². The molecule has 45 heavy (non-hydrogen) atoms. The predicted octanol–water partition coefficient (Wildman–Crippen LogP) is 6.79. The molecule has 0 aliphatic heterocycles. The number of benzene rings is 5. The van der Waals surface area contributed by atoms with Crippen molar-refractivity contribution >= 4 is 31.7 Å². The predicted molar refractivity (Wildman–Crippen MR) is 170 cm³/mol. The molecule has 226 valence electrons. The fourth-order valence-electron chi connectivity index (χ4n) is 4.48. The molecule has 0 aliphatic rings. The number of rotatable bonds is 7. The van der Waals surface area contributed by atoms with Crippen molar-refractivity contribution in [3.8, 4) is 23.0 Å². The molecule has 0 aliphatic carbocycles. The van der Waals surface area contributed by atoms with Gasteiger partial charge < -0.3 is 5.11 Å². The van der Waals surface area contributed by atoms with E-state index in [0.29, 0.717) is 20.4 Å². The van der Waals surface area contributed by atoms with Crippen molar-refractivity contribution in [3.05, 3.63) is 149 Å². The molecule has 0 radical (unpaired) electrons. The second kappa shape index (κ2) is 12.4. The van der Waals surface area contributed by atoms with Crippen molar-refractivity contribution in [2.45, 2.75) is 23.6 Å². The van der Waals surface area contributed by atoms with E-state index >= 15 is 0 Å². The normalized spacial score (nSPS) is 11.4. The third-order valence-electron chi connectivity index (χ3n) is 6.92. The molecule has 0 heterocycles. The maximum atomic E-state index is 13.8. The van der Waals surface area contributed by atoms with Crippen molar-refractivity contribution in [1.29, 1.82) is 0 Å². The van der Waals surface area contributed by atoms with Crippen LogP contribution < -0.4 is 3.71 Å². The van der Waals surface area contributed by atoms with E-state index in [4.69, 9.17) is 0 Å². The first-order valence-corrected chi connectivity index (χ1v) is 16.4. The number of halogens is 1. The smallest absolute Gasteiger partial charge is 0.336 e. The van der Waals surface area contributed by atoms with Crippen LogP contribution in [0, 0.1) is 31.5 Å². The van der Waals surface area contributed by atoms with Crippen LogP contribution in [-0.2, 0) is 20.0 Å². The van der Waals surface area contributed by atoms with Gasteiger partial charge in [-0.1, -0.05) is 65.4 Å². The lowest BCUT2D eigenvalue weighted by molar-refractivity contribution is 0.0696. The van der Waals surface area contributed by atoms with Gasteiger partial charge in [0.1, 0.15) is 5.82 Å². The number of sulfonamides is 2. The summed E-state index contributed by atoms with van der Waals surface area (Å²) in [5.74, 6) is 4.14. The molecule has 0 amide bonds. The third kappa shape index (κ3) is 6.65. The fraction of sp³-hybridized carbons (Fsp3) is 0.0571. The summed E-state index contributed by atoms with van der Waals surface area (Å²) in [7, 11) is -9.17. The SMILES string of the molecule is Cc1ccc(S(=O)(=O)N(c2ccc(C#Cc3cc(-c4ccc(F)cc4)ccc3C(=O)O)cc2)S(=O)(=O)c2ccc(C)cc2)cc1. The highest BCUT2D eigenvalue weighted by molar-refractivity contribution is 8.10. The van der Waals surface area contributed by atoms with Gasteiger partial charge in [-0.3, -0.25) is 0 Å². The first-order chi connectivity index (χ1) is 21.4. The van der Waals surface area contributed by atoms with Crippen molar-refractivity contribution in [2.24, 2.45) is 0 Å². The molecule has 0 bridgehead atoms. The summed E-state index contributed by atoms with van der Waals surface area (Å²) in [6, 6.07) is 27.6. The largest absolute Gasteiger partial charge is 0.478 e. The number of hydrogen-bond acceptors (Lipinski definition) is 5. The molecule has 1 N–H and O–H groups in total. The number of carboxylic acids is 1. The topological polar surface area (TPSA) is 109 Å². The molecular weight excluding hydrogens is 614 g/mol. The second-order valence-corrected chi connectivity index (χ2v) is 14.0. The standard InChI is InChI=1S/C35H26FNO6S2/c1-24-3-18-32(19-4-24)44(40,41)37(45(42,43)33-20-5-25(2)6-21-33)31-16-8-26(9-17-31)7-10-29-23-28(13-22-34(29)35(38)39)27-11-14-30(36)15-12-27/h3-6,8-9,11-23H,1-2H3,(H,38,39). The molecule has 0 atom stereocenters. The molecule has 7 nitrogen and oxygen atoms in total. The Kier molecular flexibility index (Phi) is 8.60. The lowest BCUT2D eigenvalue weighted by Crippen LogP contribution is -2.37. The van der Waals surface area contributed by atoms with E-state index in [2.05, 4.69) is 11.8 Å². The number of anilines is 1. The summed E-state index contributed by atoms with van der Waals surface area (Å²) in [6.07, 6.45) is 0. The molecule has 5 rings (SSSR count). The van der Waals surface area contributed by atoms with Gasteiger partial charge in [-0.2, -0.15) is 3.71 Å². The molecule has 0 saturated carbocycles. The molecule has 0 aromatic heterocycles. The first kappa shape index (κ1) is 31.2. The van der Waals surface area contributed by atoms with Crippen LogP contribution >= 0.6 is 0 Å². The van der Waals surface area contributed by atoms with E-state index in [1.54, 1.807) is 62.4 Å². The fourth-order valence-corrected chi connectivity index (χ4v) is 8.17. The minimum absolute atomic E-state index is 0.0375. The number of carboxylic acid groups (broad SMARTS) is 1. The van der Waals surface area contributed by atoms with E-state index in [1.165, 1.54) is 66.7 Å². The zero-order valence-corrected chi connectivity index (χ0v) is 25.7. The summed E-state index contributed by atoms with van der Waals surface area (Å²) < 4.78 is 69.2. The van der Waals surface area contributed by atoms with Gasteiger partial charge in [0.15, 0.2) is 0 Å². The molecule has 0 unspecified atom stereocenters. The van der Waals surface area contributed by atoms with Gasteiger partial charge in [0.05, 0.1) is 21.0 Å². The van der Waals surface area contributed by atoms with E-state index in [0.717, 1.165) is 11.1 Å². The number of hydrogen-bond donors (Lipinski definition) is 1. The number of aromatic carboxylic acids is 1. The van der Waals surface area contributed by atoms with E-state index < -0.39 is 31.8 Å². The summed E-state index contributed by atoms with van der Waals surface area (Å²) in [6.45, 7) is 3.57.